The fourth-order valence-corrected chi connectivity index (χ4v) is 5.06. The van der Waals surface area contributed by atoms with Crippen LogP contribution in [0.2, 0.25) is 5.02 Å². The van der Waals surface area contributed by atoms with Gasteiger partial charge in [-0.15, -0.1) is 0 Å². The van der Waals surface area contributed by atoms with E-state index in [4.69, 9.17) is 16.3 Å². The van der Waals surface area contributed by atoms with Crippen LogP contribution in [0.25, 0.3) is 10.9 Å². The third-order valence-corrected chi connectivity index (χ3v) is 7.03. The summed E-state index contributed by atoms with van der Waals surface area (Å²) in [4.78, 5) is 56.6. The zero-order valence-electron chi connectivity index (χ0n) is 18.7. The molecule has 0 radical (unpaired) electrons. The zero-order chi connectivity index (χ0) is 23.5. The summed E-state index contributed by atoms with van der Waals surface area (Å²) in [5.41, 5.74) is -0.284. The van der Waals surface area contributed by atoms with Crippen molar-refractivity contribution >= 4 is 34.3 Å². The number of ether oxygens (including phenoxy) is 1. The number of nitrogens with zero attached hydrogens (tertiary/aromatic N) is 3. The van der Waals surface area contributed by atoms with Crippen molar-refractivity contribution in [3.8, 4) is 0 Å². The number of aromatic amines is 1. The van der Waals surface area contributed by atoms with E-state index in [-0.39, 0.29) is 35.8 Å². The minimum Gasteiger partial charge on any atom is -0.375 e. The van der Waals surface area contributed by atoms with Crippen LogP contribution in [0.5, 0.6) is 0 Å². The van der Waals surface area contributed by atoms with Gasteiger partial charge >= 0.3 is 5.69 Å². The normalized spacial score (nSPS) is 21.4. The smallest absolute Gasteiger partial charge is 0.328 e. The summed E-state index contributed by atoms with van der Waals surface area (Å²) >= 11 is 6.02. The van der Waals surface area contributed by atoms with Crippen molar-refractivity contribution in [2.45, 2.75) is 32.2 Å². The highest BCUT2D eigenvalue weighted by Gasteiger charge is 2.32. The minimum atomic E-state index is -0.422. The third-order valence-electron chi connectivity index (χ3n) is 6.79. The van der Waals surface area contributed by atoms with E-state index >= 15 is 0 Å². The number of nitrogens with one attached hydrogen (secondary N) is 1. The molecule has 10 heteroatoms. The first-order valence-electron chi connectivity index (χ1n) is 11.3. The standard InChI is InChI=1S/C23H29ClN4O5/c1-33-14-20(29)26-8-10-27(11-9-26)21(30)16-4-2-15(3-5-16)13-28-22(31)18-12-17(24)6-7-19(18)25-23(28)32/h6-7,12,15-16H,2-5,8-11,13-14H2,1H3,(H,25,32)/t15-,16-. The molecule has 2 heterocycles. The van der Waals surface area contributed by atoms with Crippen molar-refractivity contribution in [1.82, 2.24) is 19.4 Å². The maximum Gasteiger partial charge on any atom is 0.328 e. The van der Waals surface area contributed by atoms with Crippen LogP contribution in [-0.4, -0.2) is 71.1 Å². The molecule has 0 bridgehead atoms. The molecule has 1 N–H and O–H groups in total. The molecular formula is C23H29ClN4O5. The molecule has 33 heavy (non-hydrogen) atoms. The predicted molar refractivity (Wildman–Crippen MR) is 124 cm³/mol. The van der Waals surface area contributed by atoms with Gasteiger partial charge in [-0.2, -0.15) is 0 Å². The van der Waals surface area contributed by atoms with E-state index in [2.05, 4.69) is 4.98 Å². The van der Waals surface area contributed by atoms with Gasteiger partial charge in [0.1, 0.15) is 6.61 Å². The van der Waals surface area contributed by atoms with Gasteiger partial charge in [0, 0.05) is 50.8 Å². The Labute approximate surface area is 196 Å². The van der Waals surface area contributed by atoms with Crippen molar-refractivity contribution in [1.29, 1.82) is 0 Å². The van der Waals surface area contributed by atoms with E-state index in [1.54, 1.807) is 23.1 Å². The highest BCUT2D eigenvalue weighted by Crippen LogP contribution is 2.31. The van der Waals surface area contributed by atoms with E-state index in [1.165, 1.54) is 11.7 Å². The van der Waals surface area contributed by atoms with Gasteiger partial charge in [-0.1, -0.05) is 11.6 Å². The number of benzene rings is 1. The first kappa shape index (κ1) is 23.5. The molecule has 2 aromatic rings. The molecule has 178 valence electrons. The molecule has 2 amide bonds. The highest BCUT2D eigenvalue weighted by molar-refractivity contribution is 6.31. The number of rotatable bonds is 5. The number of hydrogen-bond acceptors (Lipinski definition) is 5. The van der Waals surface area contributed by atoms with Crippen molar-refractivity contribution in [2.75, 3.05) is 39.9 Å². The fraction of sp³-hybridized carbons (Fsp3) is 0.565. The quantitative estimate of drug-likeness (QED) is 0.703. The highest BCUT2D eigenvalue weighted by atomic mass is 35.5. The van der Waals surface area contributed by atoms with E-state index in [0.717, 1.165) is 25.7 Å². The van der Waals surface area contributed by atoms with Gasteiger partial charge in [0.25, 0.3) is 5.56 Å². The first-order valence-corrected chi connectivity index (χ1v) is 11.7. The SMILES string of the molecule is COCC(=O)N1CCN(C(=O)[C@H]2CC[C@H](Cn3c(=O)[nH]c4ccc(Cl)cc4c3=O)CC2)CC1. The molecule has 0 spiro atoms. The van der Waals surface area contributed by atoms with Crippen molar-refractivity contribution in [3.63, 3.8) is 0 Å². The van der Waals surface area contributed by atoms with E-state index < -0.39 is 5.69 Å². The van der Waals surface area contributed by atoms with E-state index in [9.17, 15) is 19.2 Å². The van der Waals surface area contributed by atoms with Gasteiger partial charge in [0.15, 0.2) is 0 Å². The fourth-order valence-electron chi connectivity index (χ4n) is 4.89. The Morgan fingerprint density at radius 2 is 1.73 bits per heavy atom. The summed E-state index contributed by atoms with van der Waals surface area (Å²) in [7, 11) is 1.50. The van der Waals surface area contributed by atoms with Gasteiger partial charge in [0.05, 0.1) is 10.9 Å². The number of carbonyl (C=O) groups excluding carboxylic acids is 2. The third kappa shape index (κ3) is 5.14. The first-order chi connectivity index (χ1) is 15.9. The van der Waals surface area contributed by atoms with E-state index in [1.807, 2.05) is 4.90 Å². The van der Waals surface area contributed by atoms with Crippen LogP contribution in [0.1, 0.15) is 25.7 Å². The number of methoxy groups -OCH3 is 1. The lowest BCUT2D eigenvalue weighted by Crippen LogP contribution is -2.52. The van der Waals surface area contributed by atoms with Gasteiger partial charge < -0.3 is 19.5 Å². The number of piperazine rings is 1. The Bertz CT molecular complexity index is 1140. The van der Waals surface area contributed by atoms with Crippen LogP contribution in [0.4, 0.5) is 0 Å². The van der Waals surface area contributed by atoms with Gasteiger partial charge in [-0.05, 0) is 49.8 Å². The molecular weight excluding hydrogens is 448 g/mol. The van der Waals surface area contributed by atoms with Crippen molar-refractivity contribution < 1.29 is 14.3 Å². The molecule has 4 rings (SSSR count). The lowest BCUT2D eigenvalue weighted by Gasteiger charge is -2.38. The molecule has 0 unspecified atom stereocenters. The molecule has 2 aliphatic rings. The zero-order valence-corrected chi connectivity index (χ0v) is 19.5. The van der Waals surface area contributed by atoms with Crippen LogP contribution in [0.3, 0.4) is 0 Å². The number of H-pyrrole nitrogens is 1. The van der Waals surface area contributed by atoms with Crippen molar-refractivity contribution in [3.05, 3.63) is 44.1 Å². The Morgan fingerprint density at radius 1 is 1.06 bits per heavy atom. The van der Waals surface area contributed by atoms with Crippen LogP contribution >= 0.6 is 11.6 Å². The molecule has 1 aromatic carbocycles. The Balaban J connectivity index is 1.33. The number of amides is 2. The number of aromatic nitrogens is 2. The van der Waals surface area contributed by atoms with Gasteiger partial charge in [0.2, 0.25) is 11.8 Å². The average molecular weight is 477 g/mol. The second kappa shape index (κ2) is 10.1. The molecule has 1 saturated heterocycles. The Morgan fingerprint density at radius 3 is 2.39 bits per heavy atom. The molecule has 2 fully saturated rings. The number of carbonyl (C=O) groups is 2. The van der Waals surface area contributed by atoms with Crippen molar-refractivity contribution in [2.24, 2.45) is 11.8 Å². The lowest BCUT2D eigenvalue weighted by molar-refractivity contribution is -0.144. The van der Waals surface area contributed by atoms with Crippen LogP contribution in [0.15, 0.2) is 27.8 Å². The second-order valence-corrected chi connectivity index (χ2v) is 9.33. The second-order valence-electron chi connectivity index (χ2n) is 8.89. The summed E-state index contributed by atoms with van der Waals surface area (Å²) in [5.74, 6) is 0.204. The van der Waals surface area contributed by atoms with Crippen LogP contribution < -0.4 is 11.2 Å². The summed E-state index contributed by atoms with van der Waals surface area (Å²) < 4.78 is 6.15. The lowest BCUT2D eigenvalue weighted by atomic mass is 9.81. The van der Waals surface area contributed by atoms with Gasteiger partial charge in [-0.25, -0.2) is 4.79 Å². The number of halogens is 1. The van der Waals surface area contributed by atoms with E-state index in [0.29, 0.717) is 48.6 Å². The maximum atomic E-state index is 13.0. The summed E-state index contributed by atoms with van der Waals surface area (Å²) in [5, 5.41) is 0.843. The largest absolute Gasteiger partial charge is 0.375 e. The summed E-state index contributed by atoms with van der Waals surface area (Å²) in [6, 6.07) is 4.85. The predicted octanol–water partition coefficient (Wildman–Crippen LogP) is 1.47. The Hall–Kier alpha value is -2.65. The summed E-state index contributed by atoms with van der Waals surface area (Å²) in [6.45, 7) is 2.53. The molecule has 1 aliphatic heterocycles. The summed E-state index contributed by atoms with van der Waals surface area (Å²) in [6.07, 6.45) is 3.03. The monoisotopic (exact) mass is 476 g/mol. The molecule has 1 saturated carbocycles. The topological polar surface area (TPSA) is 105 Å². The molecule has 9 nitrogen and oxygen atoms in total. The number of hydrogen-bond donors (Lipinski definition) is 1. The van der Waals surface area contributed by atoms with Crippen LogP contribution in [0, 0.1) is 11.8 Å². The van der Waals surface area contributed by atoms with Crippen LogP contribution in [-0.2, 0) is 20.9 Å². The van der Waals surface area contributed by atoms with Gasteiger partial charge in [-0.3, -0.25) is 19.0 Å². The minimum absolute atomic E-state index is 0.0482. The molecule has 1 aromatic heterocycles. The average Bonchev–Trinajstić information content (AvgIpc) is 2.82. The maximum absolute atomic E-state index is 13.0. The molecule has 1 aliphatic carbocycles. The Kier molecular flexibility index (Phi) is 7.19. The number of fused-ring (bicyclic) bond motifs is 1. The molecule has 0 atom stereocenters.